The van der Waals surface area contributed by atoms with E-state index in [1.807, 2.05) is 0 Å². The Morgan fingerprint density at radius 1 is 1.00 bits per heavy atom. The van der Waals surface area contributed by atoms with E-state index >= 15 is 0 Å². The molecule has 29 valence electrons. The second-order valence-corrected chi connectivity index (χ2v) is 5.79. The molecule has 0 saturated heterocycles. The summed E-state index contributed by atoms with van der Waals surface area (Å²) in [5, 5.41) is 0. The molecule has 0 aliphatic carbocycles. The van der Waals surface area contributed by atoms with Gasteiger partial charge in [0.1, 0.15) is 0 Å². The van der Waals surface area contributed by atoms with Crippen LogP contribution in [0, 0.1) is 0 Å². The normalized spacial score (nSPS) is 7.20. The van der Waals surface area contributed by atoms with Crippen molar-refractivity contribution in [1.29, 1.82) is 0 Å². The molecule has 0 aromatic rings. The first-order chi connectivity index (χ1) is 1.73. The van der Waals surface area contributed by atoms with Crippen molar-refractivity contribution in [2.75, 3.05) is 0 Å². The molecule has 5 heteroatoms. The Bertz CT molecular complexity index is 11.6. The van der Waals surface area contributed by atoms with Crippen molar-refractivity contribution < 1.29 is 0 Å². The van der Waals surface area contributed by atoms with Crippen molar-refractivity contribution in [2.24, 2.45) is 0 Å². The van der Waals surface area contributed by atoms with Gasteiger partial charge in [0, 0.05) is 17.6 Å². The Kier molecular flexibility index (Phi) is 11.0. The fourth-order valence-electron chi connectivity index (χ4n) is 0. The van der Waals surface area contributed by atoms with Gasteiger partial charge < -0.3 is 0 Å². The standard InChI is InChI=1S/Cl3Si.Ge/c1-4(2)3;. The van der Waals surface area contributed by atoms with Crippen molar-refractivity contribution in [3.63, 3.8) is 0 Å². The minimum absolute atomic E-state index is 0. The fraction of sp³-hybridized carbons (Fsp3) is 0. The summed E-state index contributed by atoms with van der Waals surface area (Å²) in [6.45, 7) is -1.46. The molecule has 0 amide bonds. The van der Waals surface area contributed by atoms with Gasteiger partial charge in [-0.1, -0.05) is 0 Å². The molecule has 5 heavy (non-hydrogen) atoms. The first-order valence-corrected chi connectivity index (χ1v) is 5.10. The molecule has 0 N–H and O–H groups in total. The van der Waals surface area contributed by atoms with E-state index in [-0.39, 0.29) is 17.6 Å². The van der Waals surface area contributed by atoms with Gasteiger partial charge in [-0.05, 0) is 0 Å². The van der Waals surface area contributed by atoms with Gasteiger partial charge in [-0.3, -0.25) is 0 Å². The van der Waals surface area contributed by atoms with Crippen LogP contribution >= 0.6 is 33.2 Å². The van der Waals surface area contributed by atoms with Gasteiger partial charge in [-0.2, -0.15) is 0 Å². The average molecular weight is 207 g/mol. The fourth-order valence-corrected chi connectivity index (χ4v) is 0. The molecule has 0 aromatic carbocycles. The van der Waals surface area contributed by atoms with Crippen LogP contribution in [0.15, 0.2) is 0 Å². The Morgan fingerprint density at radius 3 is 1.00 bits per heavy atom. The van der Waals surface area contributed by atoms with Crippen molar-refractivity contribution in [3.8, 4) is 0 Å². The zero-order chi connectivity index (χ0) is 3.58. The van der Waals surface area contributed by atoms with E-state index in [1.54, 1.807) is 0 Å². The molecule has 0 saturated carbocycles. The molecule has 0 aliphatic rings. The zero-order valence-electron chi connectivity index (χ0n) is 2.13. The maximum atomic E-state index is 4.91. The average Bonchev–Trinajstić information content (AvgIpc) is 0.811. The first kappa shape index (κ1) is 9.80. The number of rotatable bonds is 0. The van der Waals surface area contributed by atoms with Gasteiger partial charge in [-0.15, -0.1) is 33.2 Å². The minimum atomic E-state index is -1.46. The third-order valence-corrected chi connectivity index (χ3v) is 0. The van der Waals surface area contributed by atoms with Crippen LogP contribution in [0.3, 0.4) is 0 Å². The Balaban J connectivity index is 0. The van der Waals surface area contributed by atoms with E-state index < -0.39 is 6.73 Å². The van der Waals surface area contributed by atoms with E-state index in [2.05, 4.69) is 0 Å². The summed E-state index contributed by atoms with van der Waals surface area (Å²) in [7, 11) is 0. The Hall–Kier alpha value is 1.63. The SMILES string of the molecule is Cl[Si](Cl)Cl.[Ge]. The molecule has 0 aliphatic heterocycles. The second kappa shape index (κ2) is 5.63. The van der Waals surface area contributed by atoms with Crippen LogP contribution in [0.1, 0.15) is 0 Å². The Labute approximate surface area is 57.5 Å². The summed E-state index contributed by atoms with van der Waals surface area (Å²) in [6.07, 6.45) is 0. The molecule has 5 radical (unpaired) electrons. The van der Waals surface area contributed by atoms with Crippen LogP contribution in [0.25, 0.3) is 0 Å². The number of hydrogen-bond acceptors (Lipinski definition) is 0. The zero-order valence-corrected chi connectivity index (χ0v) is 7.50. The maximum Gasteiger partial charge on any atom is 0.376 e. The van der Waals surface area contributed by atoms with E-state index in [9.17, 15) is 0 Å². The second-order valence-electron chi connectivity index (χ2n) is 0.214. The third-order valence-electron chi connectivity index (χ3n) is 0. The smallest absolute Gasteiger partial charge is 0.125 e. The molecule has 0 unspecified atom stereocenters. The van der Waals surface area contributed by atoms with Crippen molar-refractivity contribution >= 4 is 57.6 Å². The molecule has 0 bridgehead atoms. The molecule has 0 heterocycles. The van der Waals surface area contributed by atoms with E-state index in [0.717, 1.165) is 0 Å². The topological polar surface area (TPSA) is 0 Å². The predicted octanol–water partition coefficient (Wildman–Crippen LogP) is 1.31. The van der Waals surface area contributed by atoms with Crippen LogP contribution in [0.2, 0.25) is 0 Å². The van der Waals surface area contributed by atoms with Crippen molar-refractivity contribution in [2.45, 2.75) is 0 Å². The molecule has 0 fully saturated rings. The Morgan fingerprint density at radius 2 is 1.00 bits per heavy atom. The molecule has 0 rings (SSSR count). The summed E-state index contributed by atoms with van der Waals surface area (Å²) in [5.41, 5.74) is 0. The van der Waals surface area contributed by atoms with E-state index in [4.69, 9.17) is 33.2 Å². The molecule has 0 nitrogen and oxygen atoms in total. The number of halogens is 3. The summed E-state index contributed by atoms with van der Waals surface area (Å²) < 4.78 is 0. The van der Waals surface area contributed by atoms with E-state index in [0.29, 0.717) is 0 Å². The molecule has 0 atom stereocenters. The van der Waals surface area contributed by atoms with Crippen LogP contribution in [-0.4, -0.2) is 24.3 Å². The summed E-state index contributed by atoms with van der Waals surface area (Å²) in [4.78, 5) is 0. The van der Waals surface area contributed by atoms with Crippen LogP contribution in [-0.2, 0) is 0 Å². The van der Waals surface area contributed by atoms with Gasteiger partial charge in [-0.25, -0.2) is 0 Å². The molecule has 0 aromatic heterocycles. The third kappa shape index (κ3) is 27.9. The summed E-state index contributed by atoms with van der Waals surface area (Å²) >= 11 is 14.7. The largest absolute Gasteiger partial charge is 0.376 e. The number of hydrogen-bond donors (Lipinski definition) is 0. The quantitative estimate of drug-likeness (QED) is 0.415. The molecular formula is Cl3GeSi. The van der Waals surface area contributed by atoms with Crippen molar-refractivity contribution in [3.05, 3.63) is 0 Å². The van der Waals surface area contributed by atoms with Crippen molar-refractivity contribution in [1.82, 2.24) is 0 Å². The molecular weight excluding hydrogens is 207 g/mol. The predicted molar refractivity (Wildman–Crippen MR) is 29.1 cm³/mol. The van der Waals surface area contributed by atoms with Crippen LogP contribution < -0.4 is 0 Å². The summed E-state index contributed by atoms with van der Waals surface area (Å²) in [6, 6.07) is 0. The first-order valence-electron chi connectivity index (χ1n) is 0.567. The minimum Gasteiger partial charge on any atom is -0.125 e. The van der Waals surface area contributed by atoms with Gasteiger partial charge in [0.25, 0.3) is 0 Å². The monoisotopic (exact) mass is 207 g/mol. The van der Waals surface area contributed by atoms with Gasteiger partial charge in [0.05, 0.1) is 0 Å². The summed E-state index contributed by atoms with van der Waals surface area (Å²) in [5.74, 6) is 0. The van der Waals surface area contributed by atoms with Crippen LogP contribution in [0.4, 0.5) is 0 Å². The van der Waals surface area contributed by atoms with Gasteiger partial charge >= 0.3 is 6.73 Å². The van der Waals surface area contributed by atoms with Gasteiger partial charge in [0.15, 0.2) is 0 Å². The van der Waals surface area contributed by atoms with Crippen LogP contribution in [0.5, 0.6) is 0 Å². The van der Waals surface area contributed by atoms with E-state index in [1.165, 1.54) is 0 Å². The molecule has 0 spiro atoms. The maximum absolute atomic E-state index is 4.91. The van der Waals surface area contributed by atoms with Gasteiger partial charge in [0.2, 0.25) is 0 Å².